The van der Waals surface area contributed by atoms with Gasteiger partial charge in [-0.25, -0.2) is 0 Å². The topological polar surface area (TPSA) is 72.7 Å². The van der Waals surface area contributed by atoms with Crippen LogP contribution in [0.4, 0.5) is 0 Å². The number of hydrogen-bond acceptors (Lipinski definition) is 5. The minimum absolute atomic E-state index is 0.0732. The Kier molecular flexibility index (Phi) is 5.67. The largest absolute Gasteiger partial charge is 0.351 e. The third kappa shape index (κ3) is 4.58. The average Bonchev–Trinajstić information content (AvgIpc) is 2.99. The third-order valence-corrected chi connectivity index (χ3v) is 4.72. The van der Waals surface area contributed by atoms with E-state index in [4.69, 9.17) is 11.6 Å². The third-order valence-electron chi connectivity index (χ3n) is 3.47. The van der Waals surface area contributed by atoms with Gasteiger partial charge in [-0.1, -0.05) is 35.5 Å². The molecule has 0 radical (unpaired) electrons. The standard InChI is InChI=1S/C17H16ClN5OS/c1-23-16(13-5-3-7-19-10-13)21-22-17(23)25-11-15(24)20-9-12-4-2-6-14(18)8-12/h2-8,10H,9,11H2,1H3,(H,20,24). The highest BCUT2D eigenvalue weighted by Crippen LogP contribution is 2.21. The molecule has 0 aliphatic rings. The first-order chi connectivity index (χ1) is 12.1. The van der Waals surface area contributed by atoms with Gasteiger partial charge in [0, 0.05) is 36.6 Å². The molecular weight excluding hydrogens is 358 g/mol. The molecule has 3 rings (SSSR count). The highest BCUT2D eigenvalue weighted by Gasteiger charge is 2.12. The molecule has 0 fully saturated rings. The lowest BCUT2D eigenvalue weighted by atomic mass is 10.2. The second-order valence-corrected chi connectivity index (χ2v) is 6.68. The molecule has 0 bridgehead atoms. The van der Waals surface area contributed by atoms with Crippen LogP contribution in [0.5, 0.6) is 0 Å². The van der Waals surface area contributed by atoms with Crippen molar-refractivity contribution in [1.29, 1.82) is 0 Å². The van der Waals surface area contributed by atoms with Crippen LogP contribution in [0.15, 0.2) is 53.9 Å². The van der Waals surface area contributed by atoms with Gasteiger partial charge in [-0.15, -0.1) is 10.2 Å². The smallest absolute Gasteiger partial charge is 0.230 e. The van der Waals surface area contributed by atoms with Crippen molar-refractivity contribution in [2.24, 2.45) is 7.05 Å². The lowest BCUT2D eigenvalue weighted by molar-refractivity contribution is -0.118. The molecule has 25 heavy (non-hydrogen) atoms. The van der Waals surface area contributed by atoms with E-state index < -0.39 is 0 Å². The lowest BCUT2D eigenvalue weighted by Gasteiger charge is -2.06. The summed E-state index contributed by atoms with van der Waals surface area (Å²) in [5, 5.41) is 12.5. The molecule has 128 valence electrons. The first-order valence-electron chi connectivity index (χ1n) is 7.57. The first kappa shape index (κ1) is 17.4. The minimum atomic E-state index is -0.0732. The molecule has 0 saturated carbocycles. The number of halogens is 1. The number of nitrogens with zero attached hydrogens (tertiary/aromatic N) is 4. The Labute approximate surface area is 154 Å². The average molecular weight is 374 g/mol. The Morgan fingerprint density at radius 3 is 2.92 bits per heavy atom. The molecule has 3 aromatic rings. The Morgan fingerprint density at radius 2 is 2.16 bits per heavy atom. The van der Waals surface area contributed by atoms with E-state index in [1.807, 2.05) is 41.9 Å². The van der Waals surface area contributed by atoms with Gasteiger partial charge >= 0.3 is 0 Å². The zero-order valence-corrected chi connectivity index (χ0v) is 15.1. The number of amides is 1. The van der Waals surface area contributed by atoms with Gasteiger partial charge in [0.05, 0.1) is 5.75 Å². The lowest BCUT2D eigenvalue weighted by Crippen LogP contribution is -2.24. The Balaban J connectivity index is 1.55. The van der Waals surface area contributed by atoms with E-state index in [0.717, 1.165) is 17.0 Å². The molecule has 1 N–H and O–H groups in total. The van der Waals surface area contributed by atoms with E-state index in [1.165, 1.54) is 11.8 Å². The van der Waals surface area contributed by atoms with Gasteiger partial charge in [-0.05, 0) is 29.8 Å². The van der Waals surface area contributed by atoms with Gasteiger partial charge in [0.2, 0.25) is 5.91 Å². The predicted molar refractivity (Wildman–Crippen MR) is 98.3 cm³/mol. The summed E-state index contributed by atoms with van der Waals surface area (Å²) in [6.07, 6.45) is 3.44. The van der Waals surface area contributed by atoms with E-state index in [0.29, 0.717) is 16.7 Å². The predicted octanol–water partition coefficient (Wildman–Crippen LogP) is 2.94. The number of carbonyl (C=O) groups excluding carboxylic acids is 1. The number of thioether (sulfide) groups is 1. The SMILES string of the molecule is Cn1c(SCC(=O)NCc2cccc(Cl)c2)nnc1-c1cccnc1. The van der Waals surface area contributed by atoms with E-state index >= 15 is 0 Å². The van der Waals surface area contributed by atoms with Crippen LogP contribution in [0.1, 0.15) is 5.56 Å². The highest BCUT2D eigenvalue weighted by atomic mass is 35.5. The monoisotopic (exact) mass is 373 g/mol. The van der Waals surface area contributed by atoms with Crippen molar-refractivity contribution in [2.75, 3.05) is 5.75 Å². The summed E-state index contributed by atoms with van der Waals surface area (Å²) in [5.41, 5.74) is 1.85. The van der Waals surface area contributed by atoms with Gasteiger partial charge in [0.1, 0.15) is 0 Å². The molecule has 0 atom stereocenters. The van der Waals surface area contributed by atoms with Crippen LogP contribution >= 0.6 is 23.4 Å². The molecule has 2 aromatic heterocycles. The molecule has 8 heteroatoms. The van der Waals surface area contributed by atoms with E-state index in [2.05, 4.69) is 20.5 Å². The summed E-state index contributed by atoms with van der Waals surface area (Å²) in [4.78, 5) is 16.1. The number of hydrogen-bond donors (Lipinski definition) is 1. The number of carbonyl (C=O) groups is 1. The summed E-state index contributed by atoms with van der Waals surface area (Å²) in [6.45, 7) is 0.444. The van der Waals surface area contributed by atoms with Gasteiger partial charge < -0.3 is 9.88 Å². The molecule has 1 amide bonds. The van der Waals surface area contributed by atoms with Crippen molar-refractivity contribution in [3.8, 4) is 11.4 Å². The summed E-state index contributed by atoms with van der Waals surface area (Å²) < 4.78 is 1.85. The molecule has 0 aliphatic carbocycles. The van der Waals surface area contributed by atoms with Gasteiger partial charge in [-0.3, -0.25) is 9.78 Å². The van der Waals surface area contributed by atoms with Gasteiger partial charge in [-0.2, -0.15) is 0 Å². The van der Waals surface area contributed by atoms with Crippen LogP contribution in [0.25, 0.3) is 11.4 Å². The fraction of sp³-hybridized carbons (Fsp3) is 0.176. The number of benzene rings is 1. The molecule has 0 unspecified atom stereocenters. The second kappa shape index (κ2) is 8.13. The summed E-state index contributed by atoms with van der Waals surface area (Å²) in [7, 11) is 1.87. The normalized spacial score (nSPS) is 10.6. The zero-order valence-electron chi connectivity index (χ0n) is 13.5. The number of nitrogens with one attached hydrogen (secondary N) is 1. The van der Waals surface area contributed by atoms with Crippen molar-refractivity contribution < 1.29 is 4.79 Å². The fourth-order valence-electron chi connectivity index (χ4n) is 2.22. The molecule has 1 aromatic carbocycles. The molecule has 6 nitrogen and oxygen atoms in total. The van der Waals surface area contributed by atoms with E-state index in [9.17, 15) is 4.79 Å². The Hall–Kier alpha value is -2.38. The fourth-order valence-corrected chi connectivity index (χ4v) is 3.17. The van der Waals surface area contributed by atoms with Crippen LogP contribution in [-0.2, 0) is 18.4 Å². The molecule has 0 aliphatic heterocycles. The van der Waals surface area contributed by atoms with Crippen molar-refractivity contribution in [3.63, 3.8) is 0 Å². The first-order valence-corrected chi connectivity index (χ1v) is 8.93. The van der Waals surface area contributed by atoms with Crippen molar-refractivity contribution in [1.82, 2.24) is 25.1 Å². The van der Waals surface area contributed by atoms with Crippen LogP contribution in [0.2, 0.25) is 5.02 Å². The summed E-state index contributed by atoms with van der Waals surface area (Å²) >= 11 is 7.27. The van der Waals surface area contributed by atoms with Crippen molar-refractivity contribution >= 4 is 29.3 Å². The summed E-state index contributed by atoms with van der Waals surface area (Å²) in [5.74, 6) is 0.908. The van der Waals surface area contributed by atoms with Crippen molar-refractivity contribution in [3.05, 3.63) is 59.4 Å². The van der Waals surface area contributed by atoms with E-state index in [-0.39, 0.29) is 11.7 Å². The zero-order chi connectivity index (χ0) is 17.6. The number of aromatic nitrogens is 4. The molecular formula is C17H16ClN5OS. The second-order valence-electron chi connectivity index (χ2n) is 5.30. The maximum absolute atomic E-state index is 12.0. The Bertz CT molecular complexity index is 868. The van der Waals surface area contributed by atoms with Crippen molar-refractivity contribution in [2.45, 2.75) is 11.7 Å². The minimum Gasteiger partial charge on any atom is -0.351 e. The molecule has 0 saturated heterocycles. The number of rotatable bonds is 6. The quantitative estimate of drug-likeness (QED) is 0.672. The van der Waals surface area contributed by atoms with Crippen LogP contribution < -0.4 is 5.32 Å². The highest BCUT2D eigenvalue weighted by molar-refractivity contribution is 7.99. The maximum atomic E-state index is 12.0. The summed E-state index contributed by atoms with van der Waals surface area (Å²) in [6, 6.07) is 11.2. The molecule has 2 heterocycles. The van der Waals surface area contributed by atoms with Gasteiger partial charge in [0.15, 0.2) is 11.0 Å². The maximum Gasteiger partial charge on any atom is 0.230 e. The Morgan fingerprint density at radius 1 is 1.28 bits per heavy atom. The van der Waals surface area contributed by atoms with Crippen LogP contribution in [0, 0.1) is 0 Å². The number of pyridine rings is 1. The van der Waals surface area contributed by atoms with Gasteiger partial charge in [0.25, 0.3) is 0 Å². The molecule has 0 spiro atoms. The van der Waals surface area contributed by atoms with E-state index in [1.54, 1.807) is 18.5 Å². The van der Waals surface area contributed by atoms with Crippen LogP contribution in [-0.4, -0.2) is 31.4 Å². The van der Waals surface area contributed by atoms with Crippen LogP contribution in [0.3, 0.4) is 0 Å².